The van der Waals surface area contributed by atoms with Gasteiger partial charge in [-0.2, -0.15) is 0 Å². The van der Waals surface area contributed by atoms with E-state index in [1.165, 1.54) is 19.3 Å². The van der Waals surface area contributed by atoms with E-state index in [4.69, 9.17) is 0 Å². The Bertz CT molecular complexity index is 86.6. The number of hydrogen-bond donors (Lipinski definition) is 0. The van der Waals surface area contributed by atoms with E-state index in [0.29, 0.717) is 0 Å². The van der Waals surface area contributed by atoms with Crippen molar-refractivity contribution in [2.75, 3.05) is 0 Å². The van der Waals surface area contributed by atoms with E-state index < -0.39 is 0 Å². The first-order valence-electron chi connectivity index (χ1n) is 4.96. The maximum absolute atomic E-state index is 2.24. The molecule has 0 spiro atoms. The lowest BCUT2D eigenvalue weighted by molar-refractivity contribution is 0.893. The number of rotatable bonds is 0. The summed E-state index contributed by atoms with van der Waals surface area (Å²) in [6.07, 6.45) is 4.11. The molecule has 1 aliphatic rings. The maximum Gasteiger partial charge on any atom is -0.0317 e. The topological polar surface area (TPSA) is 0 Å². The summed E-state index contributed by atoms with van der Waals surface area (Å²) in [4.78, 5) is 0. The largest absolute Gasteiger partial charge is 0.0744 e. The molecule has 1 aliphatic carbocycles. The molecule has 0 saturated carbocycles. The van der Waals surface area contributed by atoms with Crippen molar-refractivity contribution in [3.63, 3.8) is 0 Å². The molecule has 0 heterocycles. The van der Waals surface area contributed by atoms with Crippen LogP contribution in [0.2, 0.25) is 0 Å². The van der Waals surface area contributed by atoms with Crippen molar-refractivity contribution >= 4 is 0 Å². The first-order chi connectivity index (χ1) is 5.30. The molecule has 0 amide bonds. The van der Waals surface area contributed by atoms with Gasteiger partial charge in [-0.25, -0.2) is 0 Å². The van der Waals surface area contributed by atoms with Crippen LogP contribution in [0.4, 0.5) is 0 Å². The molecular formula is C11H24. The highest BCUT2D eigenvalue weighted by atomic mass is 14.1. The predicted molar refractivity (Wildman–Crippen MR) is 54.9 cm³/mol. The minimum absolute atomic E-state index is 1.35. The fraction of sp³-hybridized carbons (Fsp3) is 0.818. The standard InChI is InChI=1S/C7H12.2C2H6/c1-6-4-3-5-7(6)2;2*1-2/h3-5H2,1-2H3;2*1-2H3. The Labute approximate surface area is 72.7 Å². The van der Waals surface area contributed by atoms with Gasteiger partial charge in [0.25, 0.3) is 0 Å². The SMILES string of the molecule is CC.CC.CC1=C(C)CCC1. The highest BCUT2D eigenvalue weighted by Gasteiger charge is 2.03. The van der Waals surface area contributed by atoms with Crippen LogP contribution in [-0.4, -0.2) is 0 Å². The molecule has 0 aromatic heterocycles. The molecule has 0 nitrogen and oxygen atoms in total. The van der Waals surface area contributed by atoms with Gasteiger partial charge in [-0.05, 0) is 33.1 Å². The molecule has 68 valence electrons. The van der Waals surface area contributed by atoms with Crippen molar-refractivity contribution < 1.29 is 0 Å². The molecule has 0 radical (unpaired) electrons. The van der Waals surface area contributed by atoms with Crippen molar-refractivity contribution in [3.8, 4) is 0 Å². The van der Waals surface area contributed by atoms with Crippen LogP contribution < -0.4 is 0 Å². The van der Waals surface area contributed by atoms with E-state index in [2.05, 4.69) is 13.8 Å². The van der Waals surface area contributed by atoms with Gasteiger partial charge >= 0.3 is 0 Å². The summed E-state index contributed by atoms with van der Waals surface area (Å²) >= 11 is 0. The van der Waals surface area contributed by atoms with Gasteiger partial charge in [-0.1, -0.05) is 38.8 Å². The first kappa shape index (κ1) is 13.3. The van der Waals surface area contributed by atoms with Gasteiger partial charge in [-0.3, -0.25) is 0 Å². The van der Waals surface area contributed by atoms with Gasteiger partial charge in [0.1, 0.15) is 0 Å². The molecule has 11 heavy (non-hydrogen) atoms. The van der Waals surface area contributed by atoms with Crippen molar-refractivity contribution in [1.82, 2.24) is 0 Å². The molecule has 0 heteroatoms. The van der Waals surface area contributed by atoms with Crippen LogP contribution in [-0.2, 0) is 0 Å². The Morgan fingerprint density at radius 3 is 1.09 bits per heavy atom. The van der Waals surface area contributed by atoms with Gasteiger partial charge < -0.3 is 0 Å². The van der Waals surface area contributed by atoms with Crippen molar-refractivity contribution in [2.45, 2.75) is 60.8 Å². The Hall–Kier alpha value is -0.260. The summed E-state index contributed by atoms with van der Waals surface area (Å²) in [6, 6.07) is 0. The van der Waals surface area contributed by atoms with Crippen LogP contribution in [0.15, 0.2) is 11.1 Å². The fourth-order valence-corrected chi connectivity index (χ4v) is 1.05. The van der Waals surface area contributed by atoms with Crippen molar-refractivity contribution in [1.29, 1.82) is 0 Å². The normalized spacial score (nSPS) is 14.7. The molecule has 0 fully saturated rings. The predicted octanol–water partition coefficient (Wildman–Crippen LogP) is 4.56. The zero-order valence-corrected chi connectivity index (χ0v) is 9.12. The summed E-state index contributed by atoms with van der Waals surface area (Å²) < 4.78 is 0. The van der Waals surface area contributed by atoms with Gasteiger partial charge in [0.15, 0.2) is 0 Å². The van der Waals surface area contributed by atoms with Gasteiger partial charge in [0.2, 0.25) is 0 Å². The minimum Gasteiger partial charge on any atom is -0.0744 e. The average Bonchev–Trinajstić information content (AvgIpc) is 2.44. The highest BCUT2D eigenvalue weighted by Crippen LogP contribution is 2.23. The quantitative estimate of drug-likeness (QED) is 0.451. The monoisotopic (exact) mass is 156 g/mol. The molecule has 0 N–H and O–H groups in total. The second-order valence-electron chi connectivity index (χ2n) is 2.41. The first-order valence-corrected chi connectivity index (χ1v) is 4.96. The van der Waals surface area contributed by atoms with Crippen molar-refractivity contribution in [3.05, 3.63) is 11.1 Å². The summed E-state index contributed by atoms with van der Waals surface area (Å²) in [5, 5.41) is 0. The van der Waals surface area contributed by atoms with Crippen LogP contribution >= 0.6 is 0 Å². The average molecular weight is 156 g/mol. The van der Waals surface area contributed by atoms with E-state index in [0.717, 1.165) is 0 Å². The van der Waals surface area contributed by atoms with Crippen LogP contribution in [0.1, 0.15) is 60.8 Å². The van der Waals surface area contributed by atoms with E-state index in [1.54, 1.807) is 11.1 Å². The third kappa shape index (κ3) is 6.15. The zero-order valence-electron chi connectivity index (χ0n) is 9.12. The Kier molecular flexibility index (Phi) is 11.8. The summed E-state index contributed by atoms with van der Waals surface area (Å²) in [7, 11) is 0. The Morgan fingerprint density at radius 1 is 0.727 bits per heavy atom. The lowest BCUT2D eigenvalue weighted by Crippen LogP contribution is -1.66. The highest BCUT2D eigenvalue weighted by molar-refractivity contribution is 5.14. The van der Waals surface area contributed by atoms with E-state index in [-0.39, 0.29) is 0 Å². The van der Waals surface area contributed by atoms with Gasteiger partial charge in [0, 0.05) is 0 Å². The molecule has 0 bridgehead atoms. The second-order valence-corrected chi connectivity index (χ2v) is 2.41. The number of allylic oxidation sites excluding steroid dienone is 2. The van der Waals surface area contributed by atoms with Crippen LogP contribution in [0.3, 0.4) is 0 Å². The fourth-order valence-electron chi connectivity index (χ4n) is 1.05. The molecule has 0 unspecified atom stereocenters. The van der Waals surface area contributed by atoms with E-state index >= 15 is 0 Å². The van der Waals surface area contributed by atoms with Crippen LogP contribution in [0.5, 0.6) is 0 Å². The minimum atomic E-state index is 1.35. The van der Waals surface area contributed by atoms with E-state index in [9.17, 15) is 0 Å². The van der Waals surface area contributed by atoms with Crippen molar-refractivity contribution in [2.24, 2.45) is 0 Å². The Balaban J connectivity index is 0. The van der Waals surface area contributed by atoms with Gasteiger partial charge in [-0.15, -0.1) is 0 Å². The third-order valence-corrected chi connectivity index (χ3v) is 1.83. The zero-order chi connectivity index (χ0) is 9.28. The molecule has 0 atom stereocenters. The lowest BCUT2D eigenvalue weighted by Gasteiger charge is -1.87. The Morgan fingerprint density at radius 2 is 1.00 bits per heavy atom. The second kappa shape index (κ2) is 9.74. The summed E-state index contributed by atoms with van der Waals surface area (Å²) in [5.41, 5.74) is 3.25. The maximum atomic E-state index is 2.24. The molecule has 0 aliphatic heterocycles. The summed E-state index contributed by atoms with van der Waals surface area (Å²) in [6.45, 7) is 12.5. The molecular weight excluding hydrogens is 132 g/mol. The summed E-state index contributed by atoms with van der Waals surface area (Å²) in [5.74, 6) is 0. The number of hydrogen-bond acceptors (Lipinski definition) is 0. The lowest BCUT2D eigenvalue weighted by atomic mass is 10.2. The van der Waals surface area contributed by atoms with E-state index in [1.807, 2.05) is 27.7 Å². The molecule has 0 aromatic carbocycles. The van der Waals surface area contributed by atoms with Crippen LogP contribution in [0.25, 0.3) is 0 Å². The molecule has 0 saturated heterocycles. The molecule has 0 aromatic rings. The third-order valence-electron chi connectivity index (χ3n) is 1.83. The van der Waals surface area contributed by atoms with Crippen LogP contribution in [0, 0.1) is 0 Å². The molecule has 1 rings (SSSR count). The smallest absolute Gasteiger partial charge is 0.0317 e. The van der Waals surface area contributed by atoms with Gasteiger partial charge in [0.05, 0.1) is 0 Å².